The fraction of sp³-hybridized carbons (Fsp3) is 0.556. The quantitative estimate of drug-likeness (QED) is 0.406. The van der Waals surface area contributed by atoms with Crippen molar-refractivity contribution in [2.45, 2.75) is 64.6 Å². The standard InChI is InChI=1S/C18H30Si/c1-5-7-8-9-10-11-16-19(3,4)18-14-12-17(6-2)13-15-18/h6,12-15H,2,5,7-11,16H2,1,3-4H3. The first-order valence-electron chi connectivity index (χ1n) is 7.83. The van der Waals surface area contributed by atoms with Crippen molar-refractivity contribution in [2.75, 3.05) is 0 Å². The van der Waals surface area contributed by atoms with Crippen molar-refractivity contribution >= 4 is 19.3 Å². The first kappa shape index (κ1) is 16.2. The fourth-order valence-corrected chi connectivity index (χ4v) is 5.05. The van der Waals surface area contributed by atoms with E-state index in [1.165, 1.54) is 50.1 Å². The fourth-order valence-electron chi connectivity index (χ4n) is 2.56. The Hall–Kier alpha value is -0.823. The second kappa shape index (κ2) is 8.37. The summed E-state index contributed by atoms with van der Waals surface area (Å²) in [6, 6.07) is 10.5. The van der Waals surface area contributed by atoms with Gasteiger partial charge in [0, 0.05) is 0 Å². The monoisotopic (exact) mass is 274 g/mol. The highest BCUT2D eigenvalue weighted by atomic mass is 28.3. The highest BCUT2D eigenvalue weighted by Crippen LogP contribution is 2.17. The predicted molar refractivity (Wildman–Crippen MR) is 91.8 cm³/mol. The summed E-state index contributed by atoms with van der Waals surface area (Å²) in [4.78, 5) is 0. The highest BCUT2D eigenvalue weighted by molar-refractivity contribution is 6.89. The van der Waals surface area contributed by atoms with Crippen molar-refractivity contribution in [1.29, 1.82) is 0 Å². The molecule has 0 aliphatic carbocycles. The van der Waals surface area contributed by atoms with Crippen LogP contribution >= 0.6 is 0 Å². The lowest BCUT2D eigenvalue weighted by molar-refractivity contribution is 0.623. The Kier molecular flexibility index (Phi) is 7.15. The predicted octanol–water partition coefficient (Wildman–Crippen LogP) is 5.61. The zero-order chi connectivity index (χ0) is 14.1. The van der Waals surface area contributed by atoms with Gasteiger partial charge in [-0.25, -0.2) is 0 Å². The van der Waals surface area contributed by atoms with Gasteiger partial charge in [-0.1, -0.05) is 107 Å². The molecule has 0 amide bonds. The van der Waals surface area contributed by atoms with E-state index >= 15 is 0 Å². The molecule has 0 nitrogen and oxygen atoms in total. The van der Waals surface area contributed by atoms with Crippen molar-refractivity contribution in [1.82, 2.24) is 0 Å². The Morgan fingerprint density at radius 1 is 0.947 bits per heavy atom. The number of unbranched alkanes of at least 4 members (excludes halogenated alkanes) is 5. The van der Waals surface area contributed by atoms with Crippen LogP contribution in [0.4, 0.5) is 0 Å². The maximum atomic E-state index is 3.82. The molecule has 0 heterocycles. The summed E-state index contributed by atoms with van der Waals surface area (Å²) >= 11 is 0. The molecule has 0 aliphatic heterocycles. The molecule has 0 fully saturated rings. The van der Waals surface area contributed by atoms with E-state index in [9.17, 15) is 0 Å². The summed E-state index contributed by atoms with van der Waals surface area (Å²) in [5.41, 5.74) is 1.23. The molecule has 0 aliphatic rings. The molecule has 1 heteroatoms. The lowest BCUT2D eigenvalue weighted by Gasteiger charge is -2.23. The van der Waals surface area contributed by atoms with Crippen LogP contribution in [-0.4, -0.2) is 8.07 Å². The van der Waals surface area contributed by atoms with Gasteiger partial charge >= 0.3 is 0 Å². The van der Waals surface area contributed by atoms with Gasteiger partial charge in [-0.05, 0) is 5.56 Å². The third-order valence-corrected chi connectivity index (χ3v) is 7.58. The van der Waals surface area contributed by atoms with Gasteiger partial charge in [0.15, 0.2) is 0 Å². The van der Waals surface area contributed by atoms with Crippen molar-refractivity contribution in [3.63, 3.8) is 0 Å². The summed E-state index contributed by atoms with van der Waals surface area (Å²) in [5, 5.41) is 1.59. The molecule has 0 atom stereocenters. The first-order valence-corrected chi connectivity index (χ1v) is 11.0. The lowest BCUT2D eigenvalue weighted by atomic mass is 10.1. The molecule has 0 saturated carbocycles. The Balaban J connectivity index is 2.39. The first-order chi connectivity index (χ1) is 9.10. The Morgan fingerprint density at radius 2 is 1.53 bits per heavy atom. The van der Waals surface area contributed by atoms with Crippen molar-refractivity contribution in [3.05, 3.63) is 36.4 Å². The second-order valence-corrected chi connectivity index (χ2v) is 11.1. The van der Waals surface area contributed by atoms with E-state index in [1.807, 2.05) is 6.08 Å². The van der Waals surface area contributed by atoms with Crippen LogP contribution in [0.1, 0.15) is 51.0 Å². The maximum absolute atomic E-state index is 3.82. The smallest absolute Gasteiger partial charge is 0.0806 e. The molecule has 0 saturated heterocycles. The van der Waals surface area contributed by atoms with Crippen LogP contribution in [0.2, 0.25) is 19.1 Å². The number of rotatable bonds is 9. The largest absolute Gasteiger partial charge is 0.0985 e. The molecule has 0 bridgehead atoms. The second-order valence-electron chi connectivity index (χ2n) is 6.23. The molecule has 1 rings (SSSR count). The Bertz CT molecular complexity index is 362. The van der Waals surface area contributed by atoms with Crippen molar-refractivity contribution in [3.8, 4) is 0 Å². The van der Waals surface area contributed by atoms with Gasteiger partial charge in [-0.2, -0.15) is 0 Å². The minimum Gasteiger partial charge on any atom is -0.0985 e. The third kappa shape index (κ3) is 5.77. The molecular weight excluding hydrogens is 244 g/mol. The minimum atomic E-state index is -1.22. The van der Waals surface area contributed by atoms with Gasteiger partial charge < -0.3 is 0 Å². The van der Waals surface area contributed by atoms with Gasteiger partial charge in [-0.15, -0.1) is 0 Å². The summed E-state index contributed by atoms with van der Waals surface area (Å²) in [6.07, 6.45) is 10.3. The van der Waals surface area contributed by atoms with E-state index in [0.29, 0.717) is 0 Å². The van der Waals surface area contributed by atoms with Crippen LogP contribution in [-0.2, 0) is 0 Å². The SMILES string of the molecule is C=Cc1ccc([Si](C)(C)CCCCCCCC)cc1. The lowest BCUT2D eigenvalue weighted by Crippen LogP contribution is -2.40. The van der Waals surface area contributed by atoms with E-state index in [0.717, 1.165) is 0 Å². The van der Waals surface area contributed by atoms with E-state index in [2.05, 4.69) is 50.9 Å². The van der Waals surface area contributed by atoms with Crippen LogP contribution in [0.15, 0.2) is 30.8 Å². The summed E-state index contributed by atoms with van der Waals surface area (Å²) in [7, 11) is -1.22. The van der Waals surface area contributed by atoms with Crippen LogP contribution in [0, 0.1) is 0 Å². The summed E-state index contributed by atoms with van der Waals surface area (Å²) < 4.78 is 0. The summed E-state index contributed by atoms with van der Waals surface area (Å²) in [6.45, 7) is 11.1. The van der Waals surface area contributed by atoms with E-state index in [1.54, 1.807) is 5.19 Å². The number of hydrogen-bond donors (Lipinski definition) is 0. The molecule has 106 valence electrons. The number of hydrogen-bond acceptors (Lipinski definition) is 0. The molecule has 0 N–H and O–H groups in total. The van der Waals surface area contributed by atoms with Crippen molar-refractivity contribution in [2.24, 2.45) is 0 Å². The van der Waals surface area contributed by atoms with Gasteiger partial charge in [0.1, 0.15) is 0 Å². The van der Waals surface area contributed by atoms with Crippen molar-refractivity contribution < 1.29 is 0 Å². The van der Waals surface area contributed by atoms with Gasteiger partial charge in [0.05, 0.1) is 8.07 Å². The van der Waals surface area contributed by atoms with E-state index in [4.69, 9.17) is 0 Å². The number of benzene rings is 1. The van der Waals surface area contributed by atoms with Crippen LogP contribution in [0.5, 0.6) is 0 Å². The van der Waals surface area contributed by atoms with Crippen LogP contribution < -0.4 is 5.19 Å². The molecule has 0 unspecified atom stereocenters. The topological polar surface area (TPSA) is 0 Å². The van der Waals surface area contributed by atoms with Gasteiger partial charge in [0.25, 0.3) is 0 Å². The third-order valence-electron chi connectivity index (χ3n) is 4.08. The average Bonchev–Trinajstić information content (AvgIpc) is 2.43. The Labute approximate surface area is 121 Å². The van der Waals surface area contributed by atoms with Gasteiger partial charge in [-0.3, -0.25) is 0 Å². The Morgan fingerprint density at radius 3 is 2.11 bits per heavy atom. The molecular formula is C18H30Si. The molecule has 1 aromatic rings. The average molecular weight is 275 g/mol. The van der Waals surface area contributed by atoms with Gasteiger partial charge in [0.2, 0.25) is 0 Å². The summed E-state index contributed by atoms with van der Waals surface area (Å²) in [5.74, 6) is 0. The maximum Gasteiger partial charge on any atom is 0.0806 e. The molecule has 19 heavy (non-hydrogen) atoms. The highest BCUT2D eigenvalue weighted by Gasteiger charge is 2.22. The molecule has 0 radical (unpaired) electrons. The zero-order valence-electron chi connectivity index (χ0n) is 13.0. The normalized spacial score (nSPS) is 11.5. The molecule has 0 spiro atoms. The molecule has 1 aromatic carbocycles. The van der Waals surface area contributed by atoms with E-state index < -0.39 is 8.07 Å². The van der Waals surface area contributed by atoms with Crippen LogP contribution in [0.25, 0.3) is 6.08 Å². The molecule has 0 aromatic heterocycles. The van der Waals surface area contributed by atoms with E-state index in [-0.39, 0.29) is 0 Å². The zero-order valence-corrected chi connectivity index (χ0v) is 14.0. The van der Waals surface area contributed by atoms with Crippen LogP contribution in [0.3, 0.4) is 0 Å². The minimum absolute atomic E-state index is 1.22.